The predicted molar refractivity (Wildman–Crippen MR) is 115 cm³/mol. The van der Waals surface area contributed by atoms with Crippen molar-refractivity contribution >= 4 is 40.1 Å². The lowest BCUT2D eigenvalue weighted by molar-refractivity contribution is 0.0989. The van der Waals surface area contributed by atoms with Gasteiger partial charge in [-0.05, 0) is 36.8 Å². The number of hydrogen-bond donors (Lipinski definition) is 3. The monoisotopic (exact) mass is 435 g/mol. The van der Waals surface area contributed by atoms with Crippen LogP contribution in [0.15, 0.2) is 51.9 Å². The van der Waals surface area contributed by atoms with Crippen molar-refractivity contribution in [1.29, 1.82) is 0 Å². The lowest BCUT2D eigenvalue weighted by Gasteiger charge is -2.27. The first kappa shape index (κ1) is 18.8. The van der Waals surface area contributed by atoms with E-state index in [4.69, 9.17) is 9.15 Å². The third-order valence-corrected chi connectivity index (χ3v) is 5.62. The van der Waals surface area contributed by atoms with Crippen molar-refractivity contribution in [2.24, 2.45) is 0 Å². The summed E-state index contributed by atoms with van der Waals surface area (Å²) in [4.78, 5) is 28.9. The number of ether oxygens (including phenoxy) is 1. The number of nitrogens with zero attached hydrogens (tertiary/aromatic N) is 4. The van der Waals surface area contributed by atoms with Gasteiger partial charge in [0, 0.05) is 12.2 Å². The number of aromatic amines is 1. The summed E-state index contributed by atoms with van der Waals surface area (Å²) in [6, 6.07) is 9.11. The van der Waals surface area contributed by atoms with Crippen LogP contribution in [0.2, 0.25) is 0 Å². The maximum Gasteiger partial charge on any atom is 0.417 e. The minimum Gasteiger partial charge on any atom is -0.408 e. The lowest BCUT2D eigenvalue weighted by Crippen LogP contribution is -2.37. The van der Waals surface area contributed by atoms with E-state index in [1.54, 1.807) is 24.4 Å². The van der Waals surface area contributed by atoms with Crippen LogP contribution in [0.1, 0.15) is 6.42 Å². The van der Waals surface area contributed by atoms with Crippen molar-refractivity contribution in [1.82, 2.24) is 19.9 Å². The van der Waals surface area contributed by atoms with Crippen molar-refractivity contribution in [2.75, 3.05) is 28.7 Å². The van der Waals surface area contributed by atoms with Crippen LogP contribution in [0.25, 0.3) is 11.1 Å². The first-order chi connectivity index (χ1) is 15.6. The average molecular weight is 435 g/mol. The summed E-state index contributed by atoms with van der Waals surface area (Å²) in [6.07, 6.45) is 4.13. The van der Waals surface area contributed by atoms with Crippen LogP contribution in [0, 0.1) is 5.82 Å². The number of aromatic nitrogens is 4. The van der Waals surface area contributed by atoms with Crippen molar-refractivity contribution in [3.05, 3.63) is 59.1 Å². The smallest absolute Gasteiger partial charge is 0.408 e. The first-order valence-corrected chi connectivity index (χ1v) is 10.1. The number of fused-ring (bicyclic) bond motifs is 3. The minimum absolute atomic E-state index is 0.00892. The third kappa shape index (κ3) is 3.42. The number of rotatable bonds is 5. The van der Waals surface area contributed by atoms with Gasteiger partial charge in [-0.15, -0.1) is 0 Å². The van der Waals surface area contributed by atoms with Gasteiger partial charge in [0.1, 0.15) is 5.82 Å². The molecule has 32 heavy (non-hydrogen) atoms. The van der Waals surface area contributed by atoms with Crippen LogP contribution in [0.5, 0.6) is 0 Å². The highest BCUT2D eigenvalue weighted by atomic mass is 19.1. The fourth-order valence-corrected chi connectivity index (χ4v) is 4.12. The standard InChI is InChI=1S/C21H18FN7O3/c22-15-8-24-20(28-19(15)25-11-1-3-17-16(5-11)27-21(30)32-17)26-12-2-4-18(23-7-12)29-9-14-6-13(29)10-31-14/h1-5,7-8,13-14H,6,9-10H2,(H,27,30)(H2,24,25,26,28)/t13-,14-/m0/s1. The summed E-state index contributed by atoms with van der Waals surface area (Å²) >= 11 is 0. The summed E-state index contributed by atoms with van der Waals surface area (Å²) < 4.78 is 24.9. The quantitative estimate of drug-likeness (QED) is 0.434. The van der Waals surface area contributed by atoms with Crippen molar-refractivity contribution in [3.63, 3.8) is 0 Å². The Kier molecular flexibility index (Phi) is 4.28. The number of oxazole rings is 1. The van der Waals surface area contributed by atoms with E-state index in [-0.39, 0.29) is 11.8 Å². The molecule has 5 heterocycles. The summed E-state index contributed by atoms with van der Waals surface area (Å²) in [6.45, 7) is 1.61. The maximum absolute atomic E-state index is 14.3. The second kappa shape index (κ2) is 7.31. The predicted octanol–water partition coefficient (Wildman–Crippen LogP) is 2.91. The van der Waals surface area contributed by atoms with E-state index < -0.39 is 11.6 Å². The minimum atomic E-state index is -0.615. The fraction of sp³-hybridized carbons (Fsp3) is 0.238. The first-order valence-electron chi connectivity index (χ1n) is 10.1. The van der Waals surface area contributed by atoms with Gasteiger partial charge in [-0.1, -0.05) is 0 Å². The molecule has 0 amide bonds. The van der Waals surface area contributed by atoms with Crippen LogP contribution >= 0.6 is 0 Å². The molecule has 2 atom stereocenters. The average Bonchev–Trinajstić information content (AvgIpc) is 3.51. The number of pyridine rings is 1. The molecular formula is C21H18FN7O3. The second-order valence-corrected chi connectivity index (χ2v) is 7.77. The van der Waals surface area contributed by atoms with E-state index in [1.165, 1.54) is 0 Å². The van der Waals surface area contributed by atoms with Crippen LogP contribution < -0.4 is 21.3 Å². The molecule has 2 aliphatic heterocycles. The molecule has 4 aromatic rings. The Morgan fingerprint density at radius 1 is 1.12 bits per heavy atom. The summed E-state index contributed by atoms with van der Waals surface area (Å²) in [7, 11) is 0. The number of nitrogens with one attached hydrogen (secondary N) is 3. The number of H-pyrrole nitrogens is 1. The van der Waals surface area contributed by atoms with Crippen molar-refractivity contribution < 1.29 is 13.5 Å². The van der Waals surface area contributed by atoms with Gasteiger partial charge in [-0.25, -0.2) is 19.2 Å². The Hall–Kier alpha value is -3.99. The van der Waals surface area contributed by atoms with Crippen LogP contribution in [0.3, 0.4) is 0 Å². The van der Waals surface area contributed by atoms with Gasteiger partial charge in [-0.2, -0.15) is 4.98 Å². The van der Waals surface area contributed by atoms with E-state index in [9.17, 15) is 9.18 Å². The molecular weight excluding hydrogens is 417 g/mol. The summed E-state index contributed by atoms with van der Waals surface area (Å²) in [5.41, 5.74) is 2.13. The molecule has 0 spiro atoms. The van der Waals surface area contributed by atoms with Gasteiger partial charge in [0.2, 0.25) is 5.95 Å². The molecule has 3 N–H and O–H groups in total. The Bertz CT molecular complexity index is 1350. The number of morpholine rings is 1. The van der Waals surface area contributed by atoms with Crippen molar-refractivity contribution in [2.45, 2.75) is 18.6 Å². The molecule has 0 saturated carbocycles. The molecule has 2 fully saturated rings. The zero-order valence-electron chi connectivity index (χ0n) is 16.7. The van der Waals surface area contributed by atoms with Gasteiger partial charge in [0.25, 0.3) is 0 Å². The Labute approximate surface area is 180 Å². The molecule has 1 aromatic carbocycles. The SMILES string of the molecule is O=c1[nH]c2cc(Nc3nc(Nc4ccc(N5C[C@@H]6C[C@H]5CO6)nc4)ncc3F)ccc2o1. The van der Waals surface area contributed by atoms with Crippen LogP contribution in [0.4, 0.5) is 33.3 Å². The topological polar surface area (TPSA) is 121 Å². The maximum atomic E-state index is 14.3. The highest BCUT2D eigenvalue weighted by Crippen LogP contribution is 2.32. The highest BCUT2D eigenvalue weighted by Gasteiger charge is 2.39. The highest BCUT2D eigenvalue weighted by molar-refractivity contribution is 5.78. The Morgan fingerprint density at radius 3 is 2.81 bits per heavy atom. The number of anilines is 5. The Balaban J connectivity index is 1.19. The summed E-state index contributed by atoms with van der Waals surface area (Å²) in [5.74, 6) is -0.0557. The third-order valence-electron chi connectivity index (χ3n) is 5.62. The molecule has 2 aliphatic rings. The fourth-order valence-electron chi connectivity index (χ4n) is 4.12. The number of benzene rings is 1. The number of hydrogen-bond acceptors (Lipinski definition) is 9. The molecule has 11 heteroatoms. The largest absolute Gasteiger partial charge is 0.417 e. The van der Waals surface area contributed by atoms with E-state index in [0.29, 0.717) is 34.6 Å². The molecule has 10 nitrogen and oxygen atoms in total. The molecule has 162 valence electrons. The van der Waals surface area contributed by atoms with Crippen LogP contribution in [-0.2, 0) is 4.74 Å². The van der Waals surface area contributed by atoms with E-state index >= 15 is 0 Å². The van der Waals surface area contributed by atoms with Gasteiger partial charge < -0.3 is 24.7 Å². The molecule has 2 saturated heterocycles. The van der Waals surface area contributed by atoms with E-state index in [1.807, 2.05) is 12.1 Å². The Morgan fingerprint density at radius 2 is 2.03 bits per heavy atom. The van der Waals surface area contributed by atoms with Gasteiger partial charge in [-0.3, -0.25) is 4.98 Å². The molecule has 0 unspecified atom stereocenters. The van der Waals surface area contributed by atoms with Gasteiger partial charge in [0.15, 0.2) is 17.2 Å². The lowest BCUT2D eigenvalue weighted by atomic mass is 10.2. The van der Waals surface area contributed by atoms with Crippen LogP contribution in [-0.4, -0.2) is 45.2 Å². The van der Waals surface area contributed by atoms with Gasteiger partial charge >= 0.3 is 5.76 Å². The molecule has 3 aromatic heterocycles. The van der Waals surface area contributed by atoms with Gasteiger partial charge in [0.05, 0.1) is 42.4 Å². The zero-order valence-corrected chi connectivity index (χ0v) is 16.7. The molecule has 0 aliphatic carbocycles. The second-order valence-electron chi connectivity index (χ2n) is 7.77. The number of halogens is 1. The van der Waals surface area contributed by atoms with E-state index in [0.717, 1.165) is 31.6 Å². The summed E-state index contributed by atoms with van der Waals surface area (Å²) in [5, 5.41) is 5.94. The molecule has 2 bridgehead atoms. The molecule has 6 rings (SSSR count). The van der Waals surface area contributed by atoms with Crippen molar-refractivity contribution in [3.8, 4) is 0 Å². The molecule has 0 radical (unpaired) electrons. The normalized spacial score (nSPS) is 19.6. The van der Waals surface area contributed by atoms with E-state index in [2.05, 4.69) is 35.5 Å². The zero-order chi connectivity index (χ0) is 21.7.